The molecule has 0 spiro atoms. The van der Waals surface area contributed by atoms with Crippen LogP contribution in [0.4, 0.5) is 5.69 Å². The molecule has 0 saturated carbocycles. The Morgan fingerprint density at radius 3 is 2.67 bits per heavy atom. The number of carbonyl (C=O) groups is 1. The number of hydrogen-bond acceptors (Lipinski definition) is 4. The van der Waals surface area contributed by atoms with Crippen LogP contribution < -0.4 is 14.8 Å². The number of methoxy groups -OCH3 is 1. The average Bonchev–Trinajstić information content (AvgIpc) is 2.87. The first-order chi connectivity index (χ1) is 17.4. The SMILES string of the molecule is COc1cc(/C=C(\C#N)C(=O)Nc2cccc(Cl)c2)cc(Br)c1OCc1c(C)ccc2ccccc12. The van der Waals surface area contributed by atoms with Crippen LogP contribution in [-0.2, 0) is 11.4 Å². The van der Waals surface area contributed by atoms with Crippen LogP contribution in [0, 0.1) is 18.3 Å². The molecule has 0 radical (unpaired) electrons. The maximum atomic E-state index is 12.7. The predicted molar refractivity (Wildman–Crippen MR) is 147 cm³/mol. The Hall–Kier alpha value is -3.79. The molecule has 0 heterocycles. The van der Waals surface area contributed by atoms with Crippen LogP contribution in [0.1, 0.15) is 16.7 Å². The lowest BCUT2D eigenvalue weighted by Gasteiger charge is -2.16. The fourth-order valence-electron chi connectivity index (χ4n) is 3.82. The Balaban J connectivity index is 1.59. The first kappa shape index (κ1) is 25.3. The molecule has 0 unspecified atom stereocenters. The van der Waals surface area contributed by atoms with Crippen LogP contribution in [0.15, 0.2) is 82.8 Å². The second-order valence-corrected chi connectivity index (χ2v) is 9.33. The van der Waals surface area contributed by atoms with Gasteiger partial charge in [0.05, 0.1) is 11.6 Å². The highest BCUT2D eigenvalue weighted by Crippen LogP contribution is 2.38. The van der Waals surface area contributed by atoms with Crippen molar-refractivity contribution in [2.75, 3.05) is 12.4 Å². The predicted octanol–water partition coefficient (Wildman–Crippen LogP) is 7.70. The van der Waals surface area contributed by atoms with E-state index < -0.39 is 5.91 Å². The summed E-state index contributed by atoms with van der Waals surface area (Å²) < 4.78 is 12.4. The van der Waals surface area contributed by atoms with Crippen LogP contribution in [0.25, 0.3) is 16.8 Å². The first-order valence-electron chi connectivity index (χ1n) is 11.1. The molecule has 7 heteroatoms. The van der Waals surface area contributed by atoms with Gasteiger partial charge >= 0.3 is 0 Å². The Bertz CT molecular complexity index is 1530. The van der Waals surface area contributed by atoms with E-state index in [1.165, 1.54) is 6.08 Å². The Kier molecular flexibility index (Phi) is 7.94. The number of rotatable bonds is 7. The van der Waals surface area contributed by atoms with Crippen molar-refractivity contribution >= 4 is 56.0 Å². The first-order valence-corrected chi connectivity index (χ1v) is 12.2. The summed E-state index contributed by atoms with van der Waals surface area (Å²) in [4.78, 5) is 12.7. The summed E-state index contributed by atoms with van der Waals surface area (Å²) in [6.45, 7) is 2.41. The number of carbonyl (C=O) groups excluding carboxylic acids is 1. The largest absolute Gasteiger partial charge is 0.493 e. The van der Waals surface area contributed by atoms with Gasteiger partial charge in [0.25, 0.3) is 5.91 Å². The van der Waals surface area contributed by atoms with E-state index in [0.29, 0.717) is 38.9 Å². The van der Waals surface area contributed by atoms with Crippen molar-refractivity contribution in [3.8, 4) is 17.6 Å². The zero-order chi connectivity index (χ0) is 25.7. The van der Waals surface area contributed by atoms with Gasteiger partial charge in [-0.3, -0.25) is 4.79 Å². The minimum Gasteiger partial charge on any atom is -0.493 e. The van der Waals surface area contributed by atoms with Crippen LogP contribution in [0.3, 0.4) is 0 Å². The molecule has 1 N–H and O–H groups in total. The van der Waals surface area contributed by atoms with Gasteiger partial charge < -0.3 is 14.8 Å². The highest BCUT2D eigenvalue weighted by molar-refractivity contribution is 9.10. The molecular formula is C29H22BrClN2O3. The standard InChI is InChI=1S/C29H22BrClN2O3/c1-18-10-11-20-6-3-4-9-24(20)25(18)17-36-28-26(30)13-19(14-27(28)35-2)12-21(16-32)29(34)33-23-8-5-7-22(31)15-23/h3-15H,17H2,1-2H3,(H,33,34)/b21-12+. The number of benzene rings is 4. The Morgan fingerprint density at radius 1 is 1.11 bits per heavy atom. The topological polar surface area (TPSA) is 71.3 Å². The number of anilines is 1. The van der Waals surface area contributed by atoms with Gasteiger partial charge in [0.1, 0.15) is 18.2 Å². The third-order valence-electron chi connectivity index (χ3n) is 5.65. The summed E-state index contributed by atoms with van der Waals surface area (Å²) >= 11 is 9.54. The third kappa shape index (κ3) is 5.71. The normalized spacial score (nSPS) is 11.1. The maximum absolute atomic E-state index is 12.7. The molecule has 180 valence electrons. The Labute approximate surface area is 223 Å². The fourth-order valence-corrected chi connectivity index (χ4v) is 4.59. The molecule has 0 aliphatic carbocycles. The van der Waals surface area contributed by atoms with Crippen molar-refractivity contribution in [2.45, 2.75) is 13.5 Å². The van der Waals surface area contributed by atoms with E-state index in [-0.39, 0.29) is 5.57 Å². The lowest BCUT2D eigenvalue weighted by Crippen LogP contribution is -2.13. The number of nitriles is 1. The summed E-state index contributed by atoms with van der Waals surface area (Å²) in [7, 11) is 1.54. The average molecular weight is 562 g/mol. The van der Waals surface area contributed by atoms with Crippen LogP contribution in [-0.4, -0.2) is 13.0 Å². The van der Waals surface area contributed by atoms with Gasteiger partial charge in [0.2, 0.25) is 0 Å². The van der Waals surface area contributed by atoms with E-state index in [1.807, 2.05) is 18.2 Å². The summed E-state index contributed by atoms with van der Waals surface area (Å²) in [5.74, 6) is 0.464. The second-order valence-electron chi connectivity index (χ2n) is 8.04. The molecule has 4 aromatic rings. The summed E-state index contributed by atoms with van der Waals surface area (Å²) in [6.07, 6.45) is 1.49. The van der Waals surface area contributed by atoms with Crippen molar-refractivity contribution in [3.63, 3.8) is 0 Å². The number of hydrogen-bond donors (Lipinski definition) is 1. The minimum atomic E-state index is -0.540. The molecule has 36 heavy (non-hydrogen) atoms. The quantitative estimate of drug-likeness (QED) is 0.185. The number of aryl methyl sites for hydroxylation is 1. The van der Waals surface area contributed by atoms with Gasteiger partial charge in [-0.25, -0.2) is 0 Å². The molecule has 0 saturated heterocycles. The van der Waals surface area contributed by atoms with Crippen LogP contribution >= 0.6 is 27.5 Å². The van der Waals surface area contributed by atoms with Crippen molar-refractivity contribution in [2.24, 2.45) is 0 Å². The summed E-state index contributed by atoms with van der Waals surface area (Å²) in [5, 5.41) is 15.0. The number of nitrogens with zero attached hydrogens (tertiary/aromatic N) is 1. The smallest absolute Gasteiger partial charge is 0.266 e. The molecule has 0 fully saturated rings. The highest BCUT2D eigenvalue weighted by atomic mass is 79.9. The van der Waals surface area contributed by atoms with E-state index in [1.54, 1.807) is 43.5 Å². The van der Waals surface area contributed by atoms with Gasteiger partial charge in [-0.1, -0.05) is 54.1 Å². The van der Waals surface area contributed by atoms with E-state index in [2.05, 4.69) is 52.4 Å². The molecule has 0 aliphatic rings. The van der Waals surface area contributed by atoms with Gasteiger partial charge in [-0.15, -0.1) is 0 Å². The second kappa shape index (κ2) is 11.3. The minimum absolute atomic E-state index is 0.0658. The lowest BCUT2D eigenvalue weighted by molar-refractivity contribution is -0.112. The number of fused-ring (bicyclic) bond motifs is 1. The number of amides is 1. The highest BCUT2D eigenvalue weighted by Gasteiger charge is 2.15. The van der Waals surface area contributed by atoms with Gasteiger partial charge in [0.15, 0.2) is 11.5 Å². The van der Waals surface area contributed by atoms with E-state index in [0.717, 1.165) is 21.9 Å². The third-order valence-corrected chi connectivity index (χ3v) is 6.47. The van der Waals surface area contributed by atoms with E-state index >= 15 is 0 Å². The lowest BCUT2D eigenvalue weighted by atomic mass is 10.0. The van der Waals surface area contributed by atoms with Crippen molar-refractivity contribution in [1.29, 1.82) is 5.26 Å². The van der Waals surface area contributed by atoms with Gasteiger partial charge in [0, 0.05) is 16.3 Å². The van der Waals surface area contributed by atoms with Gasteiger partial charge in [-0.2, -0.15) is 5.26 Å². The number of ether oxygens (including phenoxy) is 2. The van der Waals surface area contributed by atoms with Gasteiger partial charge in [-0.05, 0) is 81.2 Å². The van der Waals surface area contributed by atoms with Crippen LogP contribution in [0.2, 0.25) is 5.02 Å². The zero-order valence-electron chi connectivity index (χ0n) is 19.6. The summed E-state index contributed by atoms with van der Waals surface area (Å²) in [6, 6.07) is 24.5. The molecule has 0 aliphatic heterocycles. The fraction of sp³-hybridized carbons (Fsp3) is 0.103. The molecule has 0 bridgehead atoms. The van der Waals surface area contributed by atoms with Crippen molar-refractivity contribution < 1.29 is 14.3 Å². The van der Waals surface area contributed by atoms with E-state index in [9.17, 15) is 10.1 Å². The molecule has 0 atom stereocenters. The zero-order valence-corrected chi connectivity index (χ0v) is 22.0. The van der Waals surface area contributed by atoms with Crippen LogP contribution in [0.5, 0.6) is 11.5 Å². The Morgan fingerprint density at radius 2 is 1.92 bits per heavy atom. The van der Waals surface area contributed by atoms with Crippen molar-refractivity contribution in [1.82, 2.24) is 0 Å². The van der Waals surface area contributed by atoms with Crippen molar-refractivity contribution in [3.05, 3.63) is 105 Å². The monoisotopic (exact) mass is 560 g/mol. The van der Waals surface area contributed by atoms with E-state index in [4.69, 9.17) is 21.1 Å². The number of nitrogens with one attached hydrogen (secondary N) is 1. The summed E-state index contributed by atoms with van der Waals surface area (Å²) in [5.41, 5.74) is 3.26. The molecule has 4 rings (SSSR count). The molecular weight excluding hydrogens is 540 g/mol. The maximum Gasteiger partial charge on any atom is 0.266 e. The number of halogens is 2. The molecule has 5 nitrogen and oxygen atoms in total. The molecule has 1 amide bonds. The molecule has 0 aromatic heterocycles. The molecule has 4 aromatic carbocycles.